The molecule has 0 amide bonds. The van der Waals surface area contributed by atoms with E-state index in [1.165, 1.54) is 0 Å². The van der Waals surface area contributed by atoms with Gasteiger partial charge in [0.25, 0.3) is 0 Å². The zero-order chi connectivity index (χ0) is 16.8. The quantitative estimate of drug-likeness (QED) is 0.487. The molecule has 2 N–H and O–H groups in total. The molecule has 0 aliphatic heterocycles. The third-order valence-electron chi connectivity index (χ3n) is 2.75. The van der Waals surface area contributed by atoms with Crippen LogP contribution in [0.15, 0.2) is 12.3 Å². The Balaban J connectivity index is 2.96. The van der Waals surface area contributed by atoms with E-state index in [1.54, 1.807) is 0 Å². The van der Waals surface area contributed by atoms with E-state index >= 15 is 0 Å². The lowest BCUT2D eigenvalue weighted by atomic mass is 9.98. The first-order valence-electron chi connectivity index (χ1n) is 5.40. The summed E-state index contributed by atoms with van der Waals surface area (Å²) in [4.78, 5) is 3.20. The average molecular weight is 328 g/mol. The normalized spacial score (nSPS) is 11.8. The van der Waals surface area contributed by atoms with Gasteiger partial charge in [-0.1, -0.05) is 0 Å². The maximum absolute atomic E-state index is 13.7. The Morgan fingerprint density at radius 2 is 1.23 bits per heavy atom. The molecule has 2 aromatic rings. The zero-order valence-corrected chi connectivity index (χ0v) is 10.2. The van der Waals surface area contributed by atoms with Gasteiger partial charge in [0.05, 0.1) is 11.1 Å². The van der Waals surface area contributed by atoms with Crippen molar-refractivity contribution in [3.05, 3.63) is 46.9 Å². The van der Waals surface area contributed by atoms with Crippen LogP contribution in [-0.2, 0) is 6.18 Å². The fourth-order valence-electron chi connectivity index (χ4n) is 1.80. The summed E-state index contributed by atoms with van der Waals surface area (Å²) in [6.07, 6.45) is -4.56. The average Bonchev–Trinajstić information content (AvgIpc) is 2.43. The smallest absolute Gasteiger partial charge is 0.383 e. The van der Waals surface area contributed by atoms with Crippen LogP contribution in [0.1, 0.15) is 5.56 Å². The van der Waals surface area contributed by atoms with Crippen LogP contribution >= 0.6 is 0 Å². The van der Waals surface area contributed by atoms with Crippen molar-refractivity contribution in [2.45, 2.75) is 6.18 Å². The Morgan fingerprint density at radius 3 is 1.68 bits per heavy atom. The van der Waals surface area contributed by atoms with Crippen LogP contribution in [0.4, 0.5) is 40.9 Å². The van der Waals surface area contributed by atoms with Crippen molar-refractivity contribution >= 4 is 5.82 Å². The molecule has 0 bridgehead atoms. The van der Waals surface area contributed by atoms with Crippen molar-refractivity contribution in [2.24, 2.45) is 0 Å². The standard InChI is InChI=1S/C12H4F8N2/c13-6-5(7(14)9(16)10(17)8(6)15)4-3(12(18,19)20)1-2-22-11(4)21/h1-2H,(H2,21,22). The van der Waals surface area contributed by atoms with Crippen molar-refractivity contribution in [1.82, 2.24) is 4.98 Å². The lowest BCUT2D eigenvalue weighted by molar-refractivity contribution is -0.137. The Labute approximate surface area is 117 Å². The van der Waals surface area contributed by atoms with Crippen LogP contribution < -0.4 is 5.73 Å². The fourth-order valence-corrected chi connectivity index (χ4v) is 1.80. The SMILES string of the molecule is Nc1nccc(C(F)(F)F)c1-c1c(F)c(F)c(F)c(F)c1F. The van der Waals surface area contributed by atoms with Gasteiger partial charge in [0.2, 0.25) is 5.82 Å². The molecule has 0 radical (unpaired) electrons. The van der Waals surface area contributed by atoms with Gasteiger partial charge in [0.15, 0.2) is 23.3 Å². The molecule has 22 heavy (non-hydrogen) atoms. The van der Waals surface area contributed by atoms with Gasteiger partial charge in [-0.3, -0.25) is 0 Å². The molecule has 0 unspecified atom stereocenters. The van der Waals surface area contributed by atoms with E-state index in [0.717, 1.165) is 0 Å². The number of hydrogen-bond acceptors (Lipinski definition) is 2. The molecule has 10 heteroatoms. The van der Waals surface area contributed by atoms with Gasteiger partial charge in [-0.25, -0.2) is 26.9 Å². The van der Waals surface area contributed by atoms with E-state index in [1.807, 2.05) is 0 Å². The van der Waals surface area contributed by atoms with Gasteiger partial charge in [0.1, 0.15) is 5.82 Å². The molecule has 0 atom stereocenters. The van der Waals surface area contributed by atoms with E-state index < -0.39 is 57.8 Å². The van der Waals surface area contributed by atoms with E-state index in [0.29, 0.717) is 12.3 Å². The molecule has 118 valence electrons. The number of hydrogen-bond donors (Lipinski definition) is 1. The highest BCUT2D eigenvalue weighted by Gasteiger charge is 2.38. The van der Waals surface area contributed by atoms with Crippen molar-refractivity contribution in [2.75, 3.05) is 5.73 Å². The number of halogens is 8. The van der Waals surface area contributed by atoms with Crippen molar-refractivity contribution in [3.8, 4) is 11.1 Å². The monoisotopic (exact) mass is 328 g/mol. The summed E-state index contributed by atoms with van der Waals surface area (Å²) in [6.45, 7) is 0. The number of alkyl halides is 3. The summed E-state index contributed by atoms with van der Waals surface area (Å²) in [5.74, 6) is -13.1. The summed E-state index contributed by atoms with van der Waals surface area (Å²) >= 11 is 0. The van der Waals surface area contributed by atoms with Gasteiger partial charge in [-0.05, 0) is 6.07 Å². The van der Waals surface area contributed by atoms with Crippen LogP contribution in [0, 0.1) is 29.1 Å². The van der Waals surface area contributed by atoms with Gasteiger partial charge in [-0.15, -0.1) is 0 Å². The summed E-state index contributed by atoms with van der Waals surface area (Å²) in [5.41, 5.74) is 0.268. The molecule has 1 heterocycles. The van der Waals surface area contributed by atoms with Crippen molar-refractivity contribution < 1.29 is 35.1 Å². The zero-order valence-electron chi connectivity index (χ0n) is 10.2. The Bertz CT molecular complexity index is 725. The van der Waals surface area contributed by atoms with Crippen LogP contribution in [0.3, 0.4) is 0 Å². The van der Waals surface area contributed by atoms with Gasteiger partial charge in [0, 0.05) is 11.8 Å². The summed E-state index contributed by atoms with van der Waals surface area (Å²) in [7, 11) is 0. The predicted octanol–water partition coefficient (Wildman–Crippen LogP) is 4.05. The Hall–Kier alpha value is -2.39. The van der Waals surface area contributed by atoms with E-state index in [4.69, 9.17) is 5.73 Å². The van der Waals surface area contributed by atoms with Crippen LogP contribution in [0.5, 0.6) is 0 Å². The highest BCUT2D eigenvalue weighted by molar-refractivity contribution is 5.78. The summed E-state index contributed by atoms with van der Waals surface area (Å²) < 4.78 is 105. The number of nitrogens with two attached hydrogens (primary N) is 1. The first kappa shape index (κ1) is 16.0. The number of nitrogen functional groups attached to an aromatic ring is 1. The minimum atomic E-state index is -5.15. The first-order chi connectivity index (χ1) is 10.1. The second-order valence-corrected chi connectivity index (χ2v) is 4.06. The second-order valence-electron chi connectivity index (χ2n) is 4.06. The molecule has 1 aromatic heterocycles. The van der Waals surface area contributed by atoms with E-state index in [9.17, 15) is 35.1 Å². The molecular formula is C12H4F8N2. The molecule has 0 saturated heterocycles. The number of rotatable bonds is 1. The molecule has 0 spiro atoms. The molecule has 0 saturated carbocycles. The third-order valence-corrected chi connectivity index (χ3v) is 2.75. The maximum Gasteiger partial charge on any atom is 0.417 e. The minimum Gasteiger partial charge on any atom is -0.383 e. The maximum atomic E-state index is 13.7. The Morgan fingerprint density at radius 1 is 0.773 bits per heavy atom. The van der Waals surface area contributed by atoms with Crippen LogP contribution in [-0.4, -0.2) is 4.98 Å². The van der Waals surface area contributed by atoms with E-state index in [2.05, 4.69) is 4.98 Å². The number of benzene rings is 1. The number of aromatic nitrogens is 1. The van der Waals surface area contributed by atoms with Crippen LogP contribution in [0.2, 0.25) is 0 Å². The Kier molecular flexibility index (Phi) is 3.71. The van der Waals surface area contributed by atoms with Gasteiger partial charge >= 0.3 is 6.18 Å². The largest absolute Gasteiger partial charge is 0.417 e. The highest BCUT2D eigenvalue weighted by atomic mass is 19.4. The summed E-state index contributed by atoms with van der Waals surface area (Å²) in [5, 5.41) is 0. The topological polar surface area (TPSA) is 38.9 Å². The molecule has 2 rings (SSSR count). The van der Waals surface area contributed by atoms with Crippen molar-refractivity contribution in [3.63, 3.8) is 0 Å². The van der Waals surface area contributed by atoms with Gasteiger partial charge < -0.3 is 5.73 Å². The molecule has 0 fully saturated rings. The van der Waals surface area contributed by atoms with Crippen LogP contribution in [0.25, 0.3) is 11.1 Å². The minimum absolute atomic E-state index is 0.309. The van der Waals surface area contributed by atoms with Crippen molar-refractivity contribution in [1.29, 1.82) is 0 Å². The molecule has 0 aliphatic rings. The van der Waals surface area contributed by atoms with Gasteiger partial charge in [-0.2, -0.15) is 13.2 Å². The predicted molar refractivity (Wildman–Crippen MR) is 58.9 cm³/mol. The number of anilines is 1. The lowest BCUT2D eigenvalue weighted by Crippen LogP contribution is -2.13. The lowest BCUT2D eigenvalue weighted by Gasteiger charge is -2.16. The molecular weight excluding hydrogens is 324 g/mol. The second kappa shape index (κ2) is 5.11. The molecule has 2 nitrogen and oxygen atoms in total. The fraction of sp³-hybridized carbons (Fsp3) is 0.0833. The highest BCUT2D eigenvalue weighted by Crippen LogP contribution is 2.42. The molecule has 1 aromatic carbocycles. The van der Waals surface area contributed by atoms with E-state index in [-0.39, 0.29) is 0 Å². The number of nitrogens with zero attached hydrogens (tertiary/aromatic N) is 1. The molecule has 0 aliphatic carbocycles. The summed E-state index contributed by atoms with van der Waals surface area (Å²) in [6, 6.07) is 0.309. The number of pyridine rings is 1. The first-order valence-corrected chi connectivity index (χ1v) is 5.40. The third kappa shape index (κ3) is 2.34.